The highest BCUT2D eigenvalue weighted by Gasteiger charge is 2.13. The Morgan fingerprint density at radius 2 is 2.26 bits per heavy atom. The minimum atomic E-state index is -0.0135. The number of amides is 1. The summed E-state index contributed by atoms with van der Waals surface area (Å²) in [5.41, 5.74) is 0.830. The first-order valence-corrected chi connectivity index (χ1v) is 7.15. The summed E-state index contributed by atoms with van der Waals surface area (Å²) in [7, 11) is 0. The number of hydrogen-bond acceptors (Lipinski definition) is 2. The molecule has 2 aromatic rings. The average molecular weight is 371 g/mol. The van der Waals surface area contributed by atoms with Gasteiger partial charge in [-0.05, 0) is 59.8 Å². The van der Waals surface area contributed by atoms with Crippen LogP contribution in [-0.2, 0) is 4.79 Å². The second-order valence-electron chi connectivity index (χ2n) is 4.30. The van der Waals surface area contributed by atoms with E-state index in [0.717, 1.165) is 15.0 Å². The molecule has 1 aromatic heterocycles. The number of hydrogen-bond donors (Lipinski definition) is 2. The van der Waals surface area contributed by atoms with E-state index in [1.165, 1.54) is 0 Å². The topological polar surface area (TPSA) is 58.9 Å². The van der Waals surface area contributed by atoms with Crippen LogP contribution in [0.3, 0.4) is 0 Å². The number of carbonyl (C=O) groups excluding carboxylic acids is 1. The lowest BCUT2D eigenvalue weighted by Gasteiger charge is -2.08. The number of nitrogens with two attached hydrogens (primary N) is 1. The van der Waals surface area contributed by atoms with Crippen LogP contribution in [0.5, 0.6) is 0 Å². The summed E-state index contributed by atoms with van der Waals surface area (Å²) >= 11 is 2.22. The highest BCUT2D eigenvalue weighted by atomic mass is 127. The van der Waals surface area contributed by atoms with Crippen molar-refractivity contribution in [1.29, 1.82) is 0 Å². The summed E-state index contributed by atoms with van der Waals surface area (Å²) in [6.45, 7) is 2.38. The van der Waals surface area contributed by atoms with Gasteiger partial charge >= 0.3 is 0 Å². The van der Waals surface area contributed by atoms with Crippen molar-refractivity contribution in [3.05, 3.63) is 52.0 Å². The summed E-state index contributed by atoms with van der Waals surface area (Å²) in [6.07, 6.45) is 1.64. The Hall–Kier alpha value is -1.34. The number of anilines is 1. The molecule has 19 heavy (non-hydrogen) atoms. The summed E-state index contributed by atoms with van der Waals surface area (Å²) in [5.74, 6) is 0.863. The monoisotopic (exact) mass is 371 g/mol. The van der Waals surface area contributed by atoms with Gasteiger partial charge in [0.15, 0.2) is 12.3 Å². The molecule has 2 rings (SSSR count). The molecular weight excluding hydrogens is 355 g/mol. The number of quaternary nitrogens is 1. The van der Waals surface area contributed by atoms with Crippen LogP contribution in [-0.4, -0.2) is 12.5 Å². The summed E-state index contributed by atoms with van der Waals surface area (Å²) in [6, 6.07) is 11.6. The molecule has 0 fully saturated rings. The van der Waals surface area contributed by atoms with Crippen LogP contribution in [0, 0.1) is 3.57 Å². The predicted octanol–water partition coefficient (Wildman–Crippen LogP) is 2.15. The van der Waals surface area contributed by atoms with Gasteiger partial charge in [0.2, 0.25) is 0 Å². The Kier molecular flexibility index (Phi) is 4.98. The first-order chi connectivity index (χ1) is 9.15. The van der Waals surface area contributed by atoms with E-state index in [4.69, 9.17) is 4.42 Å². The van der Waals surface area contributed by atoms with Crippen LogP contribution in [0.15, 0.2) is 47.1 Å². The molecule has 1 amide bonds. The summed E-state index contributed by atoms with van der Waals surface area (Å²) in [4.78, 5) is 11.8. The minimum Gasteiger partial charge on any atom is -0.463 e. The van der Waals surface area contributed by atoms with Gasteiger partial charge in [-0.25, -0.2) is 0 Å². The van der Waals surface area contributed by atoms with E-state index in [1.807, 2.05) is 48.6 Å². The lowest BCUT2D eigenvalue weighted by atomic mass is 10.2. The van der Waals surface area contributed by atoms with Crippen LogP contribution in [0.1, 0.15) is 18.7 Å². The second kappa shape index (κ2) is 6.72. The van der Waals surface area contributed by atoms with Crippen LogP contribution in [0.4, 0.5) is 5.69 Å². The number of furan rings is 1. The maximum Gasteiger partial charge on any atom is 0.279 e. The zero-order valence-electron chi connectivity index (χ0n) is 10.6. The predicted molar refractivity (Wildman–Crippen MR) is 81.7 cm³/mol. The van der Waals surface area contributed by atoms with Crippen molar-refractivity contribution < 1.29 is 14.5 Å². The van der Waals surface area contributed by atoms with Gasteiger partial charge in [-0.1, -0.05) is 6.07 Å². The van der Waals surface area contributed by atoms with Crippen LogP contribution >= 0.6 is 22.6 Å². The van der Waals surface area contributed by atoms with Crippen molar-refractivity contribution in [2.45, 2.75) is 13.0 Å². The Bertz CT molecular complexity index is 540. The van der Waals surface area contributed by atoms with E-state index in [2.05, 4.69) is 27.9 Å². The molecule has 4 nitrogen and oxygen atoms in total. The van der Waals surface area contributed by atoms with E-state index in [-0.39, 0.29) is 11.9 Å². The third kappa shape index (κ3) is 4.36. The van der Waals surface area contributed by atoms with Crippen LogP contribution in [0.2, 0.25) is 0 Å². The van der Waals surface area contributed by atoms with Gasteiger partial charge in [0, 0.05) is 9.26 Å². The van der Waals surface area contributed by atoms with Crippen LogP contribution < -0.4 is 10.6 Å². The largest absolute Gasteiger partial charge is 0.463 e. The zero-order chi connectivity index (χ0) is 13.7. The Morgan fingerprint density at radius 1 is 1.42 bits per heavy atom. The van der Waals surface area contributed by atoms with Crippen molar-refractivity contribution >= 4 is 34.2 Å². The number of carbonyl (C=O) groups is 1. The molecule has 0 aliphatic heterocycles. The molecule has 1 atom stereocenters. The van der Waals surface area contributed by atoms with Gasteiger partial charge in [0.25, 0.3) is 5.91 Å². The van der Waals surface area contributed by atoms with E-state index in [9.17, 15) is 4.79 Å². The molecule has 5 heteroatoms. The number of benzene rings is 1. The second-order valence-corrected chi connectivity index (χ2v) is 5.55. The lowest BCUT2D eigenvalue weighted by Crippen LogP contribution is -2.86. The number of halogens is 1. The molecule has 100 valence electrons. The molecule has 0 saturated carbocycles. The molecule has 0 unspecified atom stereocenters. The van der Waals surface area contributed by atoms with Crippen molar-refractivity contribution in [2.24, 2.45) is 0 Å². The van der Waals surface area contributed by atoms with Gasteiger partial charge < -0.3 is 15.1 Å². The molecule has 0 bridgehead atoms. The third-order valence-corrected chi connectivity index (χ3v) is 3.43. The Labute approximate surface area is 125 Å². The van der Waals surface area contributed by atoms with Crippen molar-refractivity contribution in [2.75, 3.05) is 11.9 Å². The Balaban J connectivity index is 1.82. The van der Waals surface area contributed by atoms with E-state index in [0.29, 0.717) is 6.54 Å². The van der Waals surface area contributed by atoms with Crippen LogP contribution in [0.25, 0.3) is 0 Å². The van der Waals surface area contributed by atoms with Crippen molar-refractivity contribution in [1.82, 2.24) is 0 Å². The quantitative estimate of drug-likeness (QED) is 0.792. The first-order valence-electron chi connectivity index (χ1n) is 6.07. The summed E-state index contributed by atoms with van der Waals surface area (Å²) in [5, 5.41) is 4.82. The maximum atomic E-state index is 11.8. The lowest BCUT2D eigenvalue weighted by molar-refractivity contribution is -0.684. The average Bonchev–Trinajstić information content (AvgIpc) is 2.90. The third-order valence-electron chi connectivity index (χ3n) is 2.76. The fourth-order valence-electron chi connectivity index (χ4n) is 1.73. The van der Waals surface area contributed by atoms with Gasteiger partial charge in [-0.3, -0.25) is 4.79 Å². The smallest absolute Gasteiger partial charge is 0.279 e. The van der Waals surface area contributed by atoms with E-state index < -0.39 is 0 Å². The van der Waals surface area contributed by atoms with Crippen molar-refractivity contribution in [3.8, 4) is 0 Å². The molecule has 1 heterocycles. The first kappa shape index (κ1) is 14.1. The fraction of sp³-hybridized carbons (Fsp3) is 0.214. The molecule has 3 N–H and O–H groups in total. The summed E-state index contributed by atoms with van der Waals surface area (Å²) < 4.78 is 6.40. The van der Waals surface area contributed by atoms with E-state index in [1.54, 1.807) is 6.26 Å². The van der Waals surface area contributed by atoms with Gasteiger partial charge in [-0.15, -0.1) is 0 Å². The molecule has 1 aromatic carbocycles. The van der Waals surface area contributed by atoms with Crippen molar-refractivity contribution in [3.63, 3.8) is 0 Å². The van der Waals surface area contributed by atoms with Gasteiger partial charge in [0.1, 0.15) is 6.04 Å². The minimum absolute atomic E-state index is 0.0135. The molecule has 0 saturated heterocycles. The normalized spacial score (nSPS) is 12.1. The highest BCUT2D eigenvalue weighted by Crippen LogP contribution is 2.12. The molecule has 0 aliphatic carbocycles. The van der Waals surface area contributed by atoms with Gasteiger partial charge in [-0.2, -0.15) is 0 Å². The zero-order valence-corrected chi connectivity index (χ0v) is 12.8. The molecular formula is C14H16IN2O2+. The fourth-order valence-corrected chi connectivity index (χ4v) is 2.27. The number of rotatable bonds is 5. The molecule has 0 radical (unpaired) electrons. The molecule has 0 aliphatic rings. The SMILES string of the molecule is C[C@@H]([NH2+]CC(=O)Nc1cccc(I)c1)c1ccco1. The number of nitrogens with one attached hydrogen (secondary N) is 1. The standard InChI is InChI=1S/C14H15IN2O2/c1-10(13-6-3-7-19-13)16-9-14(18)17-12-5-2-4-11(15)8-12/h2-8,10,16H,9H2,1H3,(H,17,18)/p+1/t10-/m1/s1. The Morgan fingerprint density at radius 3 is 2.95 bits per heavy atom. The molecule has 0 spiro atoms. The van der Waals surface area contributed by atoms with Gasteiger partial charge in [0.05, 0.1) is 6.26 Å². The maximum absolute atomic E-state index is 11.8. The van der Waals surface area contributed by atoms with E-state index >= 15 is 0 Å². The highest BCUT2D eigenvalue weighted by molar-refractivity contribution is 14.1.